The van der Waals surface area contributed by atoms with Gasteiger partial charge in [0, 0.05) is 31.2 Å². The van der Waals surface area contributed by atoms with Crippen molar-refractivity contribution < 1.29 is 39.9 Å². The Morgan fingerprint density at radius 1 is 1.03 bits per heavy atom. The highest BCUT2D eigenvalue weighted by atomic mass is 35.5. The first-order chi connectivity index (χ1) is 17.5. The molecule has 10 N–H and O–H groups in total. The highest BCUT2D eigenvalue weighted by Crippen LogP contribution is 2.26. The van der Waals surface area contributed by atoms with E-state index in [1.807, 2.05) is 0 Å². The van der Waals surface area contributed by atoms with E-state index in [0.29, 0.717) is 16.6 Å². The molecule has 1 amide bonds. The molecule has 0 spiro atoms. The van der Waals surface area contributed by atoms with Gasteiger partial charge in [0.05, 0.1) is 35.0 Å². The van der Waals surface area contributed by atoms with Crippen LogP contribution in [0.1, 0.15) is 20.7 Å². The van der Waals surface area contributed by atoms with Gasteiger partial charge in [0.25, 0.3) is 5.91 Å². The van der Waals surface area contributed by atoms with Crippen molar-refractivity contribution in [3.05, 3.63) is 59.8 Å². The van der Waals surface area contributed by atoms with Gasteiger partial charge < -0.3 is 51.6 Å². The predicted octanol–water partition coefficient (Wildman–Crippen LogP) is -1.11. The topological polar surface area (TPSA) is 226 Å². The maximum Gasteiger partial charge on any atom is 0.343 e. The largest absolute Gasteiger partial charge is 0.423 e. The Morgan fingerprint density at radius 3 is 2.26 bits per heavy atom. The van der Waals surface area contributed by atoms with Crippen molar-refractivity contribution in [3.8, 4) is 5.75 Å². The second-order valence-corrected chi connectivity index (χ2v) is 8.31. The number of aliphatic hydroxyl groups is 5. The number of esters is 1. The van der Waals surface area contributed by atoms with E-state index in [4.69, 9.17) is 21.3 Å². The van der Waals surface area contributed by atoms with Crippen molar-refractivity contribution in [1.29, 1.82) is 0 Å². The van der Waals surface area contributed by atoms with Crippen LogP contribution in [0, 0.1) is 0 Å². The van der Waals surface area contributed by atoms with Crippen molar-refractivity contribution in [1.82, 2.24) is 9.88 Å². The predicted molar refractivity (Wildman–Crippen MR) is 140 cm³/mol. The number of aryl methyl sites for hydroxylation is 1. The summed E-state index contributed by atoms with van der Waals surface area (Å²) in [5.41, 5.74) is 12.3. The first kappa shape index (κ1) is 30.5. The lowest BCUT2D eigenvalue weighted by molar-refractivity contribution is -0.113. The van der Waals surface area contributed by atoms with E-state index in [9.17, 15) is 30.0 Å². The highest BCUT2D eigenvalue weighted by molar-refractivity contribution is 6.07. The Kier molecular flexibility index (Phi) is 10.6. The number of hydrogen-bond donors (Lipinski definition) is 8. The number of nitrogens with zero attached hydrogens (tertiary/aromatic N) is 2. The van der Waals surface area contributed by atoms with Crippen LogP contribution in [0.4, 0.5) is 5.69 Å². The molecule has 38 heavy (non-hydrogen) atoms. The molecule has 0 aliphatic rings. The molecule has 13 nitrogen and oxygen atoms in total. The first-order valence-corrected chi connectivity index (χ1v) is 11.1. The van der Waals surface area contributed by atoms with Crippen LogP contribution in [0.15, 0.2) is 53.7 Å². The number of aliphatic imine (C=N–C) groups is 1. The minimum Gasteiger partial charge on any atom is -0.423 e. The van der Waals surface area contributed by atoms with Gasteiger partial charge in [-0.15, -0.1) is 12.4 Å². The smallest absolute Gasteiger partial charge is 0.343 e. The number of guanidine groups is 1. The summed E-state index contributed by atoms with van der Waals surface area (Å²) < 4.78 is 7.10. The minimum atomic E-state index is -1.80. The van der Waals surface area contributed by atoms with E-state index in [-0.39, 0.29) is 35.2 Å². The summed E-state index contributed by atoms with van der Waals surface area (Å²) in [6, 6.07) is 10.9. The van der Waals surface area contributed by atoms with E-state index in [2.05, 4.69) is 10.3 Å². The molecule has 0 unspecified atom stereocenters. The lowest BCUT2D eigenvalue weighted by Crippen LogP contribution is -2.49. The molecule has 3 rings (SSSR count). The Labute approximate surface area is 223 Å². The molecule has 0 aliphatic heterocycles. The third kappa shape index (κ3) is 7.19. The average Bonchev–Trinajstić information content (AvgIpc) is 3.21. The van der Waals surface area contributed by atoms with Crippen LogP contribution in [0.5, 0.6) is 5.75 Å². The number of amides is 1. The number of ether oxygens (including phenoxy) is 1. The molecule has 14 heteroatoms. The SMILES string of the molecule is Cl.Cn1cc(C(=O)NC[C@H](O)[C@@H](O)[C@H](O)[C@H](O)CO)c2ccc(OC(=O)c3ccc(N=C(N)N)cc3)cc21. The number of carbonyl (C=O) groups is 2. The van der Waals surface area contributed by atoms with Crippen molar-refractivity contribution >= 4 is 46.8 Å². The van der Waals surface area contributed by atoms with Crippen molar-refractivity contribution in [2.45, 2.75) is 24.4 Å². The molecule has 0 saturated heterocycles. The lowest BCUT2D eigenvalue weighted by Gasteiger charge is -2.25. The van der Waals surface area contributed by atoms with Crippen molar-refractivity contribution in [2.75, 3.05) is 13.2 Å². The van der Waals surface area contributed by atoms with Crippen LogP contribution in [-0.4, -0.2) is 85.5 Å². The van der Waals surface area contributed by atoms with E-state index < -0.39 is 49.4 Å². The number of aliphatic hydroxyl groups excluding tert-OH is 5. The molecule has 1 heterocycles. The van der Waals surface area contributed by atoms with Gasteiger partial charge in [-0.2, -0.15) is 0 Å². The van der Waals surface area contributed by atoms with E-state index in [1.165, 1.54) is 18.2 Å². The standard InChI is InChI=1S/C24H29N5O8.ClH/c1-29-10-16(22(35)27-9-18(31)20(33)21(34)19(32)11-30)15-7-6-14(8-17(15)29)37-23(36)12-2-4-13(5-3-12)28-24(25)26;/h2-8,10,18-21,30-34H,9,11H2,1H3,(H,27,35)(H4,25,26,28);1H/t18-,19+,20+,21+;/m0./s1. The monoisotopic (exact) mass is 551 g/mol. The molecular weight excluding hydrogens is 522 g/mol. The van der Waals surface area contributed by atoms with Gasteiger partial charge in [-0.25, -0.2) is 9.79 Å². The fraction of sp³-hybridized carbons (Fsp3) is 0.292. The number of nitrogens with two attached hydrogens (primary N) is 2. The van der Waals surface area contributed by atoms with Gasteiger partial charge >= 0.3 is 5.97 Å². The molecule has 206 valence electrons. The molecule has 3 aromatic rings. The minimum absolute atomic E-state index is 0. The zero-order chi connectivity index (χ0) is 27.3. The van der Waals surface area contributed by atoms with Gasteiger partial charge in [-0.1, -0.05) is 0 Å². The number of nitrogens with one attached hydrogen (secondary N) is 1. The Hall–Kier alpha value is -3.72. The quantitative estimate of drug-likeness (QED) is 0.0655. The summed E-state index contributed by atoms with van der Waals surface area (Å²) in [6.07, 6.45) is -5.30. The Balaban J connectivity index is 0.00000507. The second-order valence-electron chi connectivity index (χ2n) is 8.31. The molecule has 2 aromatic carbocycles. The molecule has 0 aliphatic carbocycles. The van der Waals surface area contributed by atoms with Crippen LogP contribution in [0.25, 0.3) is 10.9 Å². The van der Waals surface area contributed by atoms with Gasteiger partial charge in [-0.3, -0.25) is 4.79 Å². The molecule has 0 radical (unpaired) electrons. The second kappa shape index (κ2) is 13.2. The summed E-state index contributed by atoms with van der Waals surface area (Å²) in [6.45, 7) is -1.24. The van der Waals surface area contributed by atoms with E-state index in [1.54, 1.807) is 42.1 Å². The third-order valence-corrected chi connectivity index (χ3v) is 5.58. The molecule has 4 atom stereocenters. The number of rotatable bonds is 10. The summed E-state index contributed by atoms with van der Waals surface area (Å²) in [4.78, 5) is 29.1. The molecule has 0 bridgehead atoms. The number of hydrogen-bond acceptors (Lipinski definition) is 9. The molecule has 0 fully saturated rings. The Bertz CT molecular complexity index is 1290. The first-order valence-electron chi connectivity index (χ1n) is 11.1. The fourth-order valence-corrected chi connectivity index (χ4v) is 3.57. The van der Waals surface area contributed by atoms with E-state index in [0.717, 1.165) is 0 Å². The van der Waals surface area contributed by atoms with E-state index >= 15 is 0 Å². The average molecular weight is 552 g/mol. The van der Waals surface area contributed by atoms with Gasteiger partial charge in [0.1, 0.15) is 24.1 Å². The van der Waals surface area contributed by atoms with Crippen LogP contribution < -0.4 is 21.5 Å². The van der Waals surface area contributed by atoms with Gasteiger partial charge in [0.2, 0.25) is 0 Å². The van der Waals surface area contributed by atoms with Crippen molar-refractivity contribution in [2.24, 2.45) is 23.5 Å². The van der Waals surface area contributed by atoms with Gasteiger partial charge in [-0.05, 0) is 36.4 Å². The number of aromatic nitrogens is 1. The maximum absolute atomic E-state index is 12.7. The summed E-state index contributed by atoms with van der Waals surface area (Å²) >= 11 is 0. The number of benzene rings is 2. The third-order valence-electron chi connectivity index (χ3n) is 5.58. The Morgan fingerprint density at radius 2 is 1.66 bits per heavy atom. The lowest BCUT2D eigenvalue weighted by atomic mass is 10.0. The van der Waals surface area contributed by atoms with Crippen LogP contribution in [-0.2, 0) is 7.05 Å². The number of carbonyl (C=O) groups excluding carboxylic acids is 2. The number of fused-ring (bicyclic) bond motifs is 1. The van der Waals surface area contributed by atoms with Gasteiger partial charge in [0.15, 0.2) is 5.96 Å². The molecular formula is C24H30ClN5O8. The number of halogens is 1. The zero-order valence-electron chi connectivity index (χ0n) is 20.3. The van der Waals surface area contributed by atoms with Crippen LogP contribution in [0.2, 0.25) is 0 Å². The van der Waals surface area contributed by atoms with Crippen LogP contribution >= 0.6 is 12.4 Å². The fourth-order valence-electron chi connectivity index (χ4n) is 3.57. The summed E-state index contributed by atoms with van der Waals surface area (Å²) in [7, 11) is 1.69. The molecule has 1 aromatic heterocycles. The zero-order valence-corrected chi connectivity index (χ0v) is 21.1. The molecule has 0 saturated carbocycles. The summed E-state index contributed by atoms with van der Waals surface area (Å²) in [5.74, 6) is -1.04. The normalized spacial score (nSPS) is 14.1. The maximum atomic E-state index is 12.7. The van der Waals surface area contributed by atoms with Crippen LogP contribution in [0.3, 0.4) is 0 Å². The van der Waals surface area contributed by atoms with Crippen molar-refractivity contribution in [3.63, 3.8) is 0 Å². The summed E-state index contributed by atoms with van der Waals surface area (Å²) in [5, 5.41) is 50.9. The highest BCUT2D eigenvalue weighted by Gasteiger charge is 2.30.